The van der Waals surface area contributed by atoms with Crippen molar-refractivity contribution >= 4 is 46.6 Å². The minimum absolute atomic E-state index is 0.153. The number of halogens is 1. The predicted octanol–water partition coefficient (Wildman–Crippen LogP) is 6.03. The van der Waals surface area contributed by atoms with Gasteiger partial charge in [0.25, 0.3) is 5.91 Å². The van der Waals surface area contributed by atoms with E-state index in [2.05, 4.69) is 5.32 Å². The third-order valence-electron chi connectivity index (χ3n) is 5.93. The number of nitrogens with one attached hydrogen (secondary N) is 1. The number of hydrogen-bond acceptors (Lipinski definition) is 5. The Balaban J connectivity index is 1.76. The van der Waals surface area contributed by atoms with Crippen LogP contribution in [-0.4, -0.2) is 24.2 Å². The van der Waals surface area contributed by atoms with Crippen molar-refractivity contribution in [1.82, 2.24) is 0 Å². The van der Waals surface area contributed by atoms with Crippen molar-refractivity contribution in [1.29, 1.82) is 5.26 Å². The number of nitrogens with zero attached hydrogens (tertiary/aromatic N) is 2. The molecule has 2 amide bonds. The van der Waals surface area contributed by atoms with Crippen molar-refractivity contribution in [2.75, 3.05) is 17.3 Å². The monoisotopic (exact) mass is 517 g/mol. The summed E-state index contributed by atoms with van der Waals surface area (Å²) in [5.41, 5.74) is 3.84. The number of ether oxygens (including phenoxy) is 1. The average Bonchev–Trinajstić information content (AvgIpc) is 3.18. The second-order valence-corrected chi connectivity index (χ2v) is 9.93. The molecular formula is C28H24ClN3O3S. The number of aryl methyl sites for hydroxylation is 2. The smallest absolute Gasteiger partial charge is 0.269 e. The molecule has 8 heteroatoms. The molecular weight excluding hydrogens is 494 g/mol. The highest BCUT2D eigenvalue weighted by Crippen LogP contribution is 2.42. The van der Waals surface area contributed by atoms with Crippen LogP contribution in [0.4, 0.5) is 11.4 Å². The van der Waals surface area contributed by atoms with Crippen LogP contribution in [-0.2, 0) is 16.0 Å². The number of methoxy groups -OCH3 is 1. The second kappa shape index (κ2) is 10.9. The zero-order valence-corrected chi connectivity index (χ0v) is 21.6. The molecule has 6 nitrogen and oxygen atoms in total. The molecule has 4 rings (SSSR count). The highest BCUT2D eigenvalue weighted by Gasteiger charge is 2.41. The zero-order valence-electron chi connectivity index (χ0n) is 20.0. The molecule has 0 bridgehead atoms. The summed E-state index contributed by atoms with van der Waals surface area (Å²) in [7, 11) is 1.59. The number of rotatable bonds is 6. The van der Waals surface area contributed by atoms with Crippen molar-refractivity contribution in [3.63, 3.8) is 0 Å². The minimum atomic E-state index is -0.628. The third kappa shape index (κ3) is 5.25. The average molecular weight is 518 g/mol. The molecule has 1 aliphatic heterocycles. The number of benzene rings is 3. The van der Waals surface area contributed by atoms with Gasteiger partial charge in [0.2, 0.25) is 5.91 Å². The van der Waals surface area contributed by atoms with E-state index < -0.39 is 11.2 Å². The van der Waals surface area contributed by atoms with Gasteiger partial charge < -0.3 is 10.1 Å². The maximum absolute atomic E-state index is 13.7. The van der Waals surface area contributed by atoms with Crippen molar-refractivity contribution in [2.45, 2.75) is 25.5 Å². The van der Waals surface area contributed by atoms with Crippen molar-refractivity contribution < 1.29 is 14.3 Å². The molecule has 182 valence electrons. The van der Waals surface area contributed by atoms with E-state index in [9.17, 15) is 14.9 Å². The van der Waals surface area contributed by atoms with Gasteiger partial charge in [-0.1, -0.05) is 53.7 Å². The van der Waals surface area contributed by atoms with Crippen LogP contribution in [0.5, 0.6) is 5.75 Å². The fourth-order valence-corrected chi connectivity index (χ4v) is 5.34. The quantitative estimate of drug-likeness (QED) is 0.319. The number of carbonyl (C=O) groups is 2. The Morgan fingerprint density at radius 2 is 1.89 bits per heavy atom. The molecule has 3 aromatic rings. The van der Waals surface area contributed by atoms with Crippen LogP contribution in [0, 0.1) is 25.2 Å². The predicted molar refractivity (Wildman–Crippen MR) is 144 cm³/mol. The van der Waals surface area contributed by atoms with E-state index in [1.165, 1.54) is 16.7 Å². The van der Waals surface area contributed by atoms with Gasteiger partial charge in [0.1, 0.15) is 22.4 Å². The van der Waals surface area contributed by atoms with Gasteiger partial charge in [0.15, 0.2) is 0 Å². The molecule has 3 aromatic carbocycles. The Hall–Kier alpha value is -3.73. The Morgan fingerprint density at radius 3 is 2.58 bits per heavy atom. The van der Waals surface area contributed by atoms with Crippen molar-refractivity contribution in [3.8, 4) is 11.8 Å². The summed E-state index contributed by atoms with van der Waals surface area (Å²) in [5, 5.41) is 12.9. The lowest BCUT2D eigenvalue weighted by molar-refractivity contribution is -0.117. The molecule has 1 N–H and O–H groups in total. The molecule has 1 heterocycles. The summed E-state index contributed by atoms with van der Waals surface area (Å²) in [6.07, 6.45) is 0.413. The highest BCUT2D eigenvalue weighted by molar-refractivity contribution is 8.05. The summed E-state index contributed by atoms with van der Waals surface area (Å²) in [4.78, 5) is 28.4. The normalized spacial score (nSPS) is 16.5. The molecule has 1 unspecified atom stereocenters. The number of hydrogen-bond donors (Lipinski definition) is 1. The fraction of sp³-hybridized carbons (Fsp3) is 0.179. The molecule has 1 saturated heterocycles. The SMILES string of the molecule is COc1cccc(CC2SC(=C(C#N)C(=O)Nc3ccccc3Cl)N(c3ccc(C)c(C)c3)C2=O)c1. The van der Waals surface area contributed by atoms with Crippen LogP contribution in [0.2, 0.25) is 5.02 Å². The Bertz CT molecular complexity index is 1410. The van der Waals surface area contributed by atoms with E-state index in [0.717, 1.165) is 16.7 Å². The minimum Gasteiger partial charge on any atom is -0.497 e. The van der Waals surface area contributed by atoms with E-state index in [1.54, 1.807) is 31.4 Å². The number of para-hydroxylation sites is 1. The molecule has 1 aliphatic rings. The largest absolute Gasteiger partial charge is 0.497 e. The number of anilines is 2. The van der Waals surface area contributed by atoms with Gasteiger partial charge in [-0.15, -0.1) is 0 Å². The maximum atomic E-state index is 13.7. The van der Waals surface area contributed by atoms with Gasteiger partial charge in [0.05, 0.1) is 23.1 Å². The van der Waals surface area contributed by atoms with Gasteiger partial charge in [0, 0.05) is 5.69 Å². The third-order valence-corrected chi connectivity index (χ3v) is 7.52. The van der Waals surface area contributed by atoms with Crippen LogP contribution < -0.4 is 15.0 Å². The Morgan fingerprint density at radius 1 is 1.11 bits per heavy atom. The summed E-state index contributed by atoms with van der Waals surface area (Å²) in [5.74, 6) is -0.127. The fourth-order valence-electron chi connectivity index (χ4n) is 3.85. The van der Waals surface area contributed by atoms with E-state index in [0.29, 0.717) is 33.6 Å². The lowest BCUT2D eigenvalue weighted by Crippen LogP contribution is -2.31. The van der Waals surface area contributed by atoms with E-state index in [4.69, 9.17) is 16.3 Å². The van der Waals surface area contributed by atoms with Crippen LogP contribution in [0.3, 0.4) is 0 Å². The first-order chi connectivity index (χ1) is 17.3. The van der Waals surface area contributed by atoms with Crippen molar-refractivity contribution in [3.05, 3.63) is 99.0 Å². The Kier molecular flexibility index (Phi) is 7.68. The number of thioether (sulfide) groups is 1. The van der Waals surface area contributed by atoms with Gasteiger partial charge in [-0.3, -0.25) is 14.5 Å². The first kappa shape index (κ1) is 25.4. The molecule has 1 fully saturated rings. The van der Waals surface area contributed by atoms with E-state index in [1.807, 2.05) is 62.4 Å². The standard InChI is InChI=1S/C28H24ClN3O3S/c1-17-11-12-20(13-18(17)2)32-27(34)25(15-19-7-6-8-21(14-19)35-3)36-28(32)22(16-30)26(33)31-24-10-5-4-9-23(24)29/h4-14,25H,15H2,1-3H3,(H,31,33). The highest BCUT2D eigenvalue weighted by atomic mass is 35.5. The summed E-state index contributed by atoms with van der Waals surface area (Å²) < 4.78 is 5.32. The molecule has 1 atom stereocenters. The first-order valence-corrected chi connectivity index (χ1v) is 12.5. The van der Waals surface area contributed by atoms with Gasteiger partial charge in [-0.05, 0) is 73.4 Å². The molecule has 0 saturated carbocycles. The number of carbonyl (C=O) groups excluding carboxylic acids is 2. The van der Waals surface area contributed by atoms with Gasteiger partial charge in [-0.25, -0.2) is 0 Å². The molecule has 0 radical (unpaired) electrons. The van der Waals surface area contributed by atoms with Gasteiger partial charge in [-0.2, -0.15) is 5.26 Å². The number of amides is 2. The molecule has 0 spiro atoms. The van der Waals surface area contributed by atoms with Crippen LogP contribution >= 0.6 is 23.4 Å². The first-order valence-electron chi connectivity index (χ1n) is 11.2. The van der Waals surface area contributed by atoms with Crippen molar-refractivity contribution in [2.24, 2.45) is 0 Å². The second-order valence-electron chi connectivity index (χ2n) is 8.33. The van der Waals surface area contributed by atoms with E-state index >= 15 is 0 Å². The topological polar surface area (TPSA) is 82.4 Å². The lowest BCUT2D eigenvalue weighted by Gasteiger charge is -2.20. The summed E-state index contributed by atoms with van der Waals surface area (Å²) >= 11 is 7.42. The molecule has 36 heavy (non-hydrogen) atoms. The summed E-state index contributed by atoms with van der Waals surface area (Å²) in [6, 6.07) is 22.0. The zero-order chi connectivity index (χ0) is 25.8. The lowest BCUT2D eigenvalue weighted by atomic mass is 10.1. The molecule has 0 aliphatic carbocycles. The molecule has 0 aromatic heterocycles. The van der Waals surface area contributed by atoms with E-state index in [-0.39, 0.29) is 11.5 Å². The van der Waals surface area contributed by atoms with Crippen LogP contribution in [0.1, 0.15) is 16.7 Å². The maximum Gasteiger partial charge on any atom is 0.269 e. The number of nitriles is 1. The Labute approximate surface area is 219 Å². The van der Waals surface area contributed by atoms with Gasteiger partial charge >= 0.3 is 0 Å². The van der Waals surface area contributed by atoms with Crippen LogP contribution in [0.25, 0.3) is 0 Å². The summed E-state index contributed by atoms with van der Waals surface area (Å²) in [6.45, 7) is 3.94. The van der Waals surface area contributed by atoms with Crippen LogP contribution in [0.15, 0.2) is 77.3 Å².